The highest BCUT2D eigenvalue weighted by Crippen LogP contribution is 2.26. The summed E-state index contributed by atoms with van der Waals surface area (Å²) in [5, 5.41) is 14.3. The number of rotatable bonds is 5. The Morgan fingerprint density at radius 1 is 1.53 bits per heavy atom. The van der Waals surface area contributed by atoms with Crippen molar-refractivity contribution in [2.45, 2.75) is 33.4 Å². The third-order valence-corrected chi connectivity index (χ3v) is 2.85. The lowest BCUT2D eigenvalue weighted by molar-refractivity contribution is 0.0860. The average molecular weight is 211 g/mol. The van der Waals surface area contributed by atoms with Gasteiger partial charge in [-0.3, -0.25) is 4.68 Å². The maximum Gasteiger partial charge on any atom is 0.0863 e. The first kappa shape index (κ1) is 12.2. The highest BCUT2D eigenvalue weighted by atomic mass is 16.3. The second kappa shape index (κ2) is 5.28. The van der Waals surface area contributed by atoms with Crippen molar-refractivity contribution < 1.29 is 5.11 Å². The van der Waals surface area contributed by atoms with E-state index in [1.165, 1.54) is 0 Å². The van der Waals surface area contributed by atoms with Crippen molar-refractivity contribution in [1.82, 2.24) is 9.78 Å². The van der Waals surface area contributed by atoms with Crippen molar-refractivity contribution in [1.29, 1.82) is 0 Å². The number of aryl methyl sites for hydroxylation is 1. The minimum atomic E-state index is -0.504. The maximum absolute atomic E-state index is 10.1. The number of hydrogen-bond donors (Lipinski definition) is 2. The Morgan fingerprint density at radius 3 is 2.60 bits per heavy atom. The Bertz CT molecular complexity index is 296. The molecule has 2 atom stereocenters. The van der Waals surface area contributed by atoms with E-state index >= 15 is 0 Å². The molecule has 0 aliphatic carbocycles. The fraction of sp³-hybridized carbons (Fsp3) is 0.727. The number of aromatic nitrogens is 2. The summed E-state index contributed by atoms with van der Waals surface area (Å²) in [5.41, 5.74) is 6.53. The van der Waals surface area contributed by atoms with E-state index < -0.39 is 6.10 Å². The zero-order valence-electron chi connectivity index (χ0n) is 9.72. The van der Waals surface area contributed by atoms with Crippen LogP contribution in [0.25, 0.3) is 0 Å². The van der Waals surface area contributed by atoms with Crippen LogP contribution in [-0.2, 0) is 6.54 Å². The zero-order chi connectivity index (χ0) is 11.4. The second-order valence-corrected chi connectivity index (χ2v) is 4.22. The molecule has 0 fully saturated rings. The van der Waals surface area contributed by atoms with Gasteiger partial charge in [0.25, 0.3) is 0 Å². The zero-order valence-corrected chi connectivity index (χ0v) is 9.72. The normalized spacial score (nSPS) is 15.6. The van der Waals surface area contributed by atoms with Crippen LogP contribution >= 0.6 is 0 Å². The molecule has 0 saturated carbocycles. The summed E-state index contributed by atoms with van der Waals surface area (Å²) < 4.78 is 1.81. The molecule has 86 valence electrons. The van der Waals surface area contributed by atoms with E-state index in [1.54, 1.807) is 6.20 Å². The molecule has 3 N–H and O–H groups in total. The minimum absolute atomic E-state index is 0.0968. The molecule has 1 aromatic rings. The Kier molecular flexibility index (Phi) is 4.29. The number of aliphatic hydroxyl groups is 1. The van der Waals surface area contributed by atoms with E-state index in [1.807, 2.05) is 17.8 Å². The van der Waals surface area contributed by atoms with Crippen LogP contribution < -0.4 is 5.73 Å². The molecule has 2 unspecified atom stereocenters. The second-order valence-electron chi connectivity index (χ2n) is 4.22. The first-order valence-electron chi connectivity index (χ1n) is 5.50. The predicted octanol–water partition coefficient (Wildman–Crippen LogP) is 1.17. The molecule has 0 aliphatic heterocycles. The van der Waals surface area contributed by atoms with Crippen molar-refractivity contribution in [3.05, 3.63) is 18.0 Å². The van der Waals surface area contributed by atoms with Crippen LogP contribution in [0.4, 0.5) is 0 Å². The summed E-state index contributed by atoms with van der Waals surface area (Å²) in [6, 6.07) is 0. The van der Waals surface area contributed by atoms with Gasteiger partial charge in [0.05, 0.1) is 12.3 Å². The summed E-state index contributed by atoms with van der Waals surface area (Å²) in [6.45, 7) is 7.49. The molecular weight excluding hydrogens is 190 g/mol. The van der Waals surface area contributed by atoms with Gasteiger partial charge in [0.2, 0.25) is 0 Å². The van der Waals surface area contributed by atoms with Crippen molar-refractivity contribution in [2.24, 2.45) is 17.6 Å². The molecule has 1 heterocycles. The number of aliphatic hydroxyl groups excluding tert-OH is 1. The van der Waals surface area contributed by atoms with E-state index in [2.05, 4.69) is 18.9 Å². The standard InChI is InChI=1S/C11H21N3O/c1-4-14-7-9(6-13-14)11(15)10(5-12)8(2)3/h6-8,10-11,15H,4-5,12H2,1-3H3. The molecule has 0 amide bonds. The molecular formula is C11H21N3O. The van der Waals surface area contributed by atoms with Crippen molar-refractivity contribution in [2.75, 3.05) is 6.54 Å². The van der Waals surface area contributed by atoms with E-state index in [-0.39, 0.29) is 5.92 Å². The first-order chi connectivity index (χ1) is 7.10. The van der Waals surface area contributed by atoms with Gasteiger partial charge in [-0.1, -0.05) is 13.8 Å². The molecule has 4 heteroatoms. The number of nitrogens with two attached hydrogens (primary N) is 1. The average Bonchev–Trinajstić information content (AvgIpc) is 2.66. The Morgan fingerprint density at radius 2 is 2.20 bits per heavy atom. The number of hydrogen-bond acceptors (Lipinski definition) is 3. The smallest absolute Gasteiger partial charge is 0.0863 e. The van der Waals surface area contributed by atoms with E-state index in [0.29, 0.717) is 12.5 Å². The lowest BCUT2D eigenvalue weighted by atomic mass is 9.88. The SMILES string of the molecule is CCn1cc(C(O)C(CN)C(C)C)cn1. The lowest BCUT2D eigenvalue weighted by Gasteiger charge is -2.23. The molecule has 1 aromatic heterocycles. The van der Waals surface area contributed by atoms with E-state index in [4.69, 9.17) is 5.73 Å². The molecule has 0 spiro atoms. The molecule has 15 heavy (non-hydrogen) atoms. The van der Waals surface area contributed by atoms with Gasteiger partial charge >= 0.3 is 0 Å². The Labute approximate surface area is 91.1 Å². The molecule has 0 bridgehead atoms. The van der Waals surface area contributed by atoms with Crippen molar-refractivity contribution in [3.63, 3.8) is 0 Å². The quantitative estimate of drug-likeness (QED) is 0.768. The van der Waals surface area contributed by atoms with E-state index in [9.17, 15) is 5.11 Å². The predicted molar refractivity (Wildman–Crippen MR) is 60.2 cm³/mol. The fourth-order valence-electron chi connectivity index (χ4n) is 1.72. The van der Waals surface area contributed by atoms with Crippen LogP contribution in [0, 0.1) is 11.8 Å². The third-order valence-electron chi connectivity index (χ3n) is 2.85. The monoisotopic (exact) mass is 211 g/mol. The topological polar surface area (TPSA) is 64.1 Å². The van der Waals surface area contributed by atoms with Gasteiger partial charge in [0.15, 0.2) is 0 Å². The van der Waals surface area contributed by atoms with Crippen molar-refractivity contribution in [3.8, 4) is 0 Å². The molecule has 0 saturated heterocycles. The summed E-state index contributed by atoms with van der Waals surface area (Å²) in [4.78, 5) is 0. The molecule has 1 rings (SSSR count). The van der Waals surface area contributed by atoms with Gasteiger partial charge < -0.3 is 10.8 Å². The highest BCUT2D eigenvalue weighted by molar-refractivity contribution is 5.09. The van der Waals surface area contributed by atoms with Gasteiger partial charge in [-0.15, -0.1) is 0 Å². The van der Waals surface area contributed by atoms with Gasteiger partial charge in [-0.05, 0) is 19.4 Å². The maximum atomic E-state index is 10.1. The van der Waals surface area contributed by atoms with Gasteiger partial charge in [-0.2, -0.15) is 5.10 Å². The van der Waals surface area contributed by atoms with Crippen molar-refractivity contribution >= 4 is 0 Å². The number of nitrogens with zero attached hydrogens (tertiary/aromatic N) is 2. The van der Waals surface area contributed by atoms with Crippen LogP contribution in [0.1, 0.15) is 32.4 Å². The fourth-order valence-corrected chi connectivity index (χ4v) is 1.72. The molecule has 0 radical (unpaired) electrons. The summed E-state index contributed by atoms with van der Waals surface area (Å²) in [7, 11) is 0. The molecule has 0 aliphatic rings. The molecule has 0 aromatic carbocycles. The largest absolute Gasteiger partial charge is 0.388 e. The first-order valence-corrected chi connectivity index (χ1v) is 5.50. The Balaban J connectivity index is 2.77. The van der Waals surface area contributed by atoms with Crippen LogP contribution in [0.5, 0.6) is 0 Å². The highest BCUT2D eigenvalue weighted by Gasteiger charge is 2.23. The van der Waals surface area contributed by atoms with Gasteiger partial charge in [-0.25, -0.2) is 0 Å². The lowest BCUT2D eigenvalue weighted by Crippen LogP contribution is -2.26. The summed E-state index contributed by atoms with van der Waals surface area (Å²) in [5.74, 6) is 0.467. The van der Waals surface area contributed by atoms with E-state index in [0.717, 1.165) is 12.1 Å². The van der Waals surface area contributed by atoms with Crippen LogP contribution in [0.2, 0.25) is 0 Å². The Hall–Kier alpha value is -0.870. The van der Waals surface area contributed by atoms with Gasteiger partial charge in [0.1, 0.15) is 0 Å². The minimum Gasteiger partial charge on any atom is -0.388 e. The van der Waals surface area contributed by atoms with Crippen LogP contribution in [0.3, 0.4) is 0 Å². The van der Waals surface area contributed by atoms with Crippen LogP contribution in [-0.4, -0.2) is 21.4 Å². The summed E-state index contributed by atoms with van der Waals surface area (Å²) >= 11 is 0. The van der Waals surface area contributed by atoms with Gasteiger partial charge in [0, 0.05) is 24.2 Å². The summed E-state index contributed by atoms with van der Waals surface area (Å²) in [6.07, 6.45) is 3.10. The third kappa shape index (κ3) is 2.79. The van der Waals surface area contributed by atoms with Crippen LogP contribution in [0.15, 0.2) is 12.4 Å². The molecule has 4 nitrogen and oxygen atoms in total.